The number of rotatable bonds is 5. The van der Waals surface area contributed by atoms with Crippen LogP contribution in [-0.2, 0) is 4.79 Å². The Morgan fingerprint density at radius 3 is 2.73 bits per heavy atom. The average Bonchev–Trinajstić information content (AvgIpc) is 2.49. The number of piperidine rings is 1. The van der Waals surface area contributed by atoms with Gasteiger partial charge in [0.05, 0.1) is 5.02 Å². The average molecular weight is 351 g/mol. The number of nitrogens with zero attached hydrogens (tertiary/aromatic N) is 1. The molecule has 1 aliphatic heterocycles. The number of hydrogen-bond donors (Lipinski definition) is 1. The predicted molar refractivity (Wildman–Crippen MR) is 87.4 cm³/mol. The van der Waals surface area contributed by atoms with Crippen molar-refractivity contribution in [2.24, 2.45) is 5.92 Å². The normalized spacial score (nSPS) is 15.3. The number of amides is 1. The molecule has 1 aliphatic rings. The summed E-state index contributed by atoms with van der Waals surface area (Å²) in [6, 6.07) is 4.07. The van der Waals surface area contributed by atoms with Gasteiger partial charge in [0.15, 0.2) is 6.61 Å². The molecular formula is C15H21Cl2FN2O2. The lowest BCUT2D eigenvalue weighted by atomic mass is 9.97. The zero-order chi connectivity index (χ0) is 15.2. The first-order valence-electron chi connectivity index (χ1n) is 7.10. The smallest absolute Gasteiger partial charge is 0.260 e. The molecule has 0 saturated carbocycles. The number of hydrogen-bond acceptors (Lipinski definition) is 3. The molecule has 1 amide bonds. The van der Waals surface area contributed by atoms with Gasteiger partial charge < -0.3 is 15.0 Å². The molecule has 7 heteroatoms. The molecule has 0 radical (unpaired) electrons. The highest BCUT2D eigenvalue weighted by Crippen LogP contribution is 2.21. The van der Waals surface area contributed by atoms with Crippen LogP contribution in [0.1, 0.15) is 12.8 Å². The largest absolute Gasteiger partial charge is 0.484 e. The number of nitrogens with one attached hydrogen (secondary N) is 1. The Morgan fingerprint density at radius 1 is 1.45 bits per heavy atom. The number of halogens is 3. The summed E-state index contributed by atoms with van der Waals surface area (Å²) in [7, 11) is 1.94. The summed E-state index contributed by atoms with van der Waals surface area (Å²) in [6.45, 7) is 2.47. The van der Waals surface area contributed by atoms with E-state index >= 15 is 0 Å². The highest BCUT2D eigenvalue weighted by atomic mass is 35.5. The van der Waals surface area contributed by atoms with Crippen molar-refractivity contribution in [1.29, 1.82) is 0 Å². The number of benzene rings is 1. The molecule has 1 heterocycles. The molecule has 0 aliphatic carbocycles. The molecule has 1 aromatic carbocycles. The molecular weight excluding hydrogens is 330 g/mol. The fourth-order valence-electron chi connectivity index (χ4n) is 2.48. The minimum absolute atomic E-state index is 0. The summed E-state index contributed by atoms with van der Waals surface area (Å²) in [4.78, 5) is 13.9. The van der Waals surface area contributed by atoms with Crippen LogP contribution in [-0.4, -0.2) is 44.1 Å². The van der Waals surface area contributed by atoms with Gasteiger partial charge in [-0.2, -0.15) is 0 Å². The van der Waals surface area contributed by atoms with Crippen LogP contribution in [0, 0.1) is 11.7 Å². The zero-order valence-corrected chi connectivity index (χ0v) is 14.1. The van der Waals surface area contributed by atoms with Gasteiger partial charge >= 0.3 is 0 Å². The molecule has 0 bridgehead atoms. The summed E-state index contributed by atoms with van der Waals surface area (Å²) < 4.78 is 18.4. The van der Waals surface area contributed by atoms with E-state index in [1.807, 2.05) is 11.9 Å². The third kappa shape index (κ3) is 5.30. The Balaban J connectivity index is 0.00000242. The number of carbonyl (C=O) groups is 1. The molecule has 4 nitrogen and oxygen atoms in total. The quantitative estimate of drug-likeness (QED) is 0.887. The molecule has 22 heavy (non-hydrogen) atoms. The lowest BCUT2D eigenvalue weighted by Gasteiger charge is -2.31. The van der Waals surface area contributed by atoms with Crippen molar-refractivity contribution in [3.8, 4) is 5.75 Å². The maximum atomic E-state index is 13.0. The van der Waals surface area contributed by atoms with E-state index < -0.39 is 5.82 Å². The van der Waals surface area contributed by atoms with Crippen LogP contribution in [0.3, 0.4) is 0 Å². The third-order valence-corrected chi connectivity index (χ3v) is 4.00. The van der Waals surface area contributed by atoms with Gasteiger partial charge in [-0.15, -0.1) is 12.4 Å². The molecule has 2 rings (SSSR count). The predicted octanol–water partition coefficient (Wildman–Crippen LogP) is 2.74. The summed E-state index contributed by atoms with van der Waals surface area (Å²) in [5.41, 5.74) is 0. The molecule has 0 spiro atoms. The summed E-state index contributed by atoms with van der Waals surface area (Å²) in [6.07, 6.45) is 2.02. The summed E-state index contributed by atoms with van der Waals surface area (Å²) >= 11 is 5.67. The van der Waals surface area contributed by atoms with Crippen molar-refractivity contribution in [2.45, 2.75) is 12.8 Å². The van der Waals surface area contributed by atoms with Gasteiger partial charge in [0.1, 0.15) is 11.6 Å². The van der Waals surface area contributed by atoms with Crippen molar-refractivity contribution < 1.29 is 13.9 Å². The zero-order valence-electron chi connectivity index (χ0n) is 12.5. The number of ether oxygens (including phenoxy) is 1. The summed E-state index contributed by atoms with van der Waals surface area (Å²) in [5.74, 6) is 0.496. The summed E-state index contributed by atoms with van der Waals surface area (Å²) in [5, 5.41) is 3.16. The minimum atomic E-state index is -0.498. The lowest BCUT2D eigenvalue weighted by Crippen LogP contribution is -2.42. The second-order valence-corrected chi connectivity index (χ2v) is 5.65. The van der Waals surface area contributed by atoms with Crippen LogP contribution < -0.4 is 10.1 Å². The molecule has 0 aromatic heterocycles. The second kappa shape index (κ2) is 9.18. The van der Waals surface area contributed by atoms with Crippen molar-refractivity contribution in [1.82, 2.24) is 10.2 Å². The standard InChI is InChI=1S/C15H20ClFN2O2.ClH/c1-18-9-11-4-6-19(7-5-11)15(20)10-21-12-2-3-14(17)13(16)8-12;/h2-3,8,11,18H,4-7,9-10H2,1H3;1H. The molecule has 1 fully saturated rings. The monoisotopic (exact) mass is 350 g/mol. The molecule has 124 valence electrons. The van der Waals surface area contributed by atoms with Gasteiger partial charge in [0.25, 0.3) is 5.91 Å². The van der Waals surface area contributed by atoms with Gasteiger partial charge in [0.2, 0.25) is 0 Å². The fourth-order valence-corrected chi connectivity index (χ4v) is 2.65. The molecule has 1 saturated heterocycles. The fraction of sp³-hybridized carbons (Fsp3) is 0.533. The van der Waals surface area contributed by atoms with Crippen LogP contribution in [0.4, 0.5) is 4.39 Å². The SMILES string of the molecule is CNCC1CCN(C(=O)COc2ccc(F)c(Cl)c2)CC1.Cl. The van der Waals surface area contributed by atoms with Gasteiger partial charge in [-0.25, -0.2) is 4.39 Å². The van der Waals surface area contributed by atoms with Gasteiger partial charge in [-0.1, -0.05) is 11.6 Å². The van der Waals surface area contributed by atoms with Crippen molar-refractivity contribution in [3.05, 3.63) is 29.0 Å². The minimum Gasteiger partial charge on any atom is -0.484 e. The lowest BCUT2D eigenvalue weighted by molar-refractivity contribution is -0.134. The van der Waals surface area contributed by atoms with Crippen LogP contribution in [0.2, 0.25) is 5.02 Å². The topological polar surface area (TPSA) is 41.6 Å². The Bertz CT molecular complexity index is 494. The first-order chi connectivity index (χ1) is 10.1. The Hall–Kier alpha value is -1.04. The van der Waals surface area contributed by atoms with E-state index in [9.17, 15) is 9.18 Å². The number of likely N-dealkylation sites (tertiary alicyclic amines) is 1. The van der Waals surface area contributed by atoms with Gasteiger partial charge in [-0.05, 0) is 44.5 Å². The first-order valence-corrected chi connectivity index (χ1v) is 7.48. The number of carbonyl (C=O) groups excluding carboxylic acids is 1. The van der Waals surface area contributed by atoms with E-state index in [2.05, 4.69) is 5.32 Å². The van der Waals surface area contributed by atoms with E-state index in [1.165, 1.54) is 18.2 Å². The maximum Gasteiger partial charge on any atom is 0.260 e. The van der Waals surface area contributed by atoms with Crippen LogP contribution >= 0.6 is 24.0 Å². The van der Waals surface area contributed by atoms with Crippen LogP contribution in [0.25, 0.3) is 0 Å². The van der Waals surface area contributed by atoms with Gasteiger partial charge in [0, 0.05) is 19.2 Å². The maximum absolute atomic E-state index is 13.0. The van der Waals surface area contributed by atoms with Crippen molar-refractivity contribution in [3.63, 3.8) is 0 Å². The van der Waals surface area contributed by atoms with Crippen LogP contribution in [0.15, 0.2) is 18.2 Å². The second-order valence-electron chi connectivity index (χ2n) is 5.25. The van der Waals surface area contributed by atoms with E-state index in [0.29, 0.717) is 11.7 Å². The first kappa shape index (κ1) is 19.0. The third-order valence-electron chi connectivity index (χ3n) is 3.71. The highest BCUT2D eigenvalue weighted by molar-refractivity contribution is 6.30. The van der Waals surface area contributed by atoms with E-state index in [1.54, 1.807) is 0 Å². The highest BCUT2D eigenvalue weighted by Gasteiger charge is 2.22. The molecule has 1 N–H and O–H groups in total. The van der Waals surface area contributed by atoms with E-state index in [4.69, 9.17) is 16.3 Å². The van der Waals surface area contributed by atoms with Crippen molar-refractivity contribution >= 4 is 29.9 Å². The molecule has 0 atom stereocenters. The van der Waals surface area contributed by atoms with E-state index in [0.717, 1.165) is 32.5 Å². The van der Waals surface area contributed by atoms with Crippen molar-refractivity contribution in [2.75, 3.05) is 33.3 Å². The molecule has 0 unspecified atom stereocenters. The Kier molecular flexibility index (Phi) is 7.93. The Morgan fingerprint density at radius 2 is 2.14 bits per heavy atom. The molecule has 1 aromatic rings. The van der Waals surface area contributed by atoms with Gasteiger partial charge in [-0.3, -0.25) is 4.79 Å². The van der Waals surface area contributed by atoms with Crippen LogP contribution in [0.5, 0.6) is 5.75 Å². The van der Waals surface area contributed by atoms with E-state index in [-0.39, 0.29) is 29.9 Å². The Labute approximate surface area is 141 Å².